The van der Waals surface area contributed by atoms with Crippen LogP contribution in [0.5, 0.6) is 0 Å². The van der Waals surface area contributed by atoms with Crippen LogP contribution < -0.4 is 10.9 Å². The van der Waals surface area contributed by atoms with Crippen LogP contribution in [0.1, 0.15) is 6.92 Å². The van der Waals surface area contributed by atoms with Gasteiger partial charge in [0.1, 0.15) is 11.2 Å². The van der Waals surface area contributed by atoms with E-state index < -0.39 is 17.0 Å². The molecule has 4 aromatic rings. The number of thioether (sulfide) groups is 1. The monoisotopic (exact) mass is 409 g/mol. The van der Waals surface area contributed by atoms with E-state index in [0.29, 0.717) is 11.0 Å². The van der Waals surface area contributed by atoms with Gasteiger partial charge in [0, 0.05) is 0 Å². The van der Waals surface area contributed by atoms with Gasteiger partial charge >= 0.3 is 0 Å². The Morgan fingerprint density at radius 2 is 1.90 bits per heavy atom. The first-order valence-electron chi connectivity index (χ1n) is 8.78. The van der Waals surface area contributed by atoms with Crippen molar-refractivity contribution in [1.29, 1.82) is 0 Å². The number of para-hydroxylation sites is 2. The topological polar surface area (TPSA) is 92.7 Å². The zero-order chi connectivity index (χ0) is 20.4. The van der Waals surface area contributed by atoms with Crippen LogP contribution >= 0.6 is 11.8 Å². The summed E-state index contributed by atoms with van der Waals surface area (Å²) in [7, 11) is 0. The summed E-state index contributed by atoms with van der Waals surface area (Å²) in [4.78, 5) is 32.0. The van der Waals surface area contributed by atoms with E-state index in [9.17, 15) is 14.0 Å². The Bertz CT molecular complexity index is 1240. The first kappa shape index (κ1) is 18.9. The maximum absolute atomic E-state index is 13.7. The molecule has 4 rings (SSSR count). The third kappa shape index (κ3) is 3.90. The fourth-order valence-electron chi connectivity index (χ4n) is 2.73. The lowest BCUT2D eigenvalue weighted by molar-refractivity contribution is -0.115. The second-order valence-electron chi connectivity index (χ2n) is 6.23. The van der Waals surface area contributed by atoms with Gasteiger partial charge in [-0.2, -0.15) is 5.10 Å². The van der Waals surface area contributed by atoms with E-state index in [0.717, 1.165) is 17.4 Å². The van der Waals surface area contributed by atoms with Crippen molar-refractivity contribution in [2.45, 2.75) is 17.3 Å². The van der Waals surface area contributed by atoms with E-state index in [1.807, 2.05) is 30.3 Å². The number of hydrogen-bond donors (Lipinski definition) is 2. The third-order valence-corrected chi connectivity index (χ3v) is 5.19. The molecular weight excluding hydrogens is 393 g/mol. The molecule has 29 heavy (non-hydrogen) atoms. The standard InChI is InChI=1S/C20H16FN5O2S/c1-12(18(27)23-16-10-6-5-9-15(16)21)29-20-24-17-14(19(28)25-20)11-22-26(17)13-7-3-2-4-8-13/h2-12H,1H3,(H,23,27)(H,24,25,28)/t12-/m1/s1. The molecule has 146 valence electrons. The molecule has 1 atom stereocenters. The maximum Gasteiger partial charge on any atom is 0.262 e. The largest absolute Gasteiger partial charge is 0.323 e. The molecule has 7 nitrogen and oxygen atoms in total. The maximum atomic E-state index is 13.7. The summed E-state index contributed by atoms with van der Waals surface area (Å²) in [6, 6.07) is 15.2. The number of carbonyl (C=O) groups is 1. The predicted octanol–water partition coefficient (Wildman–Crippen LogP) is 3.37. The fraction of sp³-hybridized carbons (Fsp3) is 0.100. The molecule has 0 aliphatic carbocycles. The molecule has 0 radical (unpaired) electrons. The zero-order valence-electron chi connectivity index (χ0n) is 15.3. The van der Waals surface area contributed by atoms with Gasteiger partial charge in [0.05, 0.1) is 22.8 Å². The van der Waals surface area contributed by atoms with Crippen molar-refractivity contribution in [2.75, 3.05) is 5.32 Å². The zero-order valence-corrected chi connectivity index (χ0v) is 16.1. The average molecular weight is 409 g/mol. The van der Waals surface area contributed by atoms with E-state index in [2.05, 4.69) is 20.4 Å². The van der Waals surface area contributed by atoms with Crippen molar-refractivity contribution in [3.8, 4) is 5.69 Å². The number of carbonyl (C=O) groups excluding carboxylic acids is 1. The number of aromatic nitrogens is 4. The molecule has 0 unspecified atom stereocenters. The molecular formula is C20H16FN5O2S. The van der Waals surface area contributed by atoms with Crippen LogP contribution in [0.4, 0.5) is 10.1 Å². The van der Waals surface area contributed by atoms with E-state index in [-0.39, 0.29) is 16.4 Å². The summed E-state index contributed by atoms with van der Waals surface area (Å²) >= 11 is 1.07. The van der Waals surface area contributed by atoms with Gasteiger partial charge < -0.3 is 10.3 Å². The normalized spacial score (nSPS) is 12.1. The van der Waals surface area contributed by atoms with Gasteiger partial charge in [-0.3, -0.25) is 9.59 Å². The quantitative estimate of drug-likeness (QED) is 0.389. The minimum atomic E-state index is -0.622. The molecule has 1 amide bonds. The summed E-state index contributed by atoms with van der Waals surface area (Å²) in [5, 5.41) is 6.79. The predicted molar refractivity (Wildman–Crippen MR) is 110 cm³/mol. The van der Waals surface area contributed by atoms with Crippen molar-refractivity contribution in [1.82, 2.24) is 19.7 Å². The van der Waals surface area contributed by atoms with Crippen molar-refractivity contribution >= 4 is 34.4 Å². The van der Waals surface area contributed by atoms with Gasteiger partial charge in [0.15, 0.2) is 10.8 Å². The van der Waals surface area contributed by atoms with E-state index >= 15 is 0 Å². The van der Waals surface area contributed by atoms with Gasteiger partial charge in [-0.05, 0) is 31.2 Å². The van der Waals surface area contributed by atoms with E-state index in [4.69, 9.17) is 0 Å². The number of rotatable bonds is 5. The first-order valence-corrected chi connectivity index (χ1v) is 9.66. The van der Waals surface area contributed by atoms with Gasteiger partial charge in [0.25, 0.3) is 5.56 Å². The van der Waals surface area contributed by atoms with E-state index in [1.54, 1.807) is 23.7 Å². The lowest BCUT2D eigenvalue weighted by Crippen LogP contribution is -2.23. The minimum Gasteiger partial charge on any atom is -0.323 e. The number of halogens is 1. The minimum absolute atomic E-state index is 0.101. The smallest absolute Gasteiger partial charge is 0.262 e. The molecule has 0 spiro atoms. The van der Waals surface area contributed by atoms with Crippen molar-refractivity contribution in [3.05, 3.63) is 77.0 Å². The summed E-state index contributed by atoms with van der Waals surface area (Å²) in [6.07, 6.45) is 1.46. The highest BCUT2D eigenvalue weighted by Gasteiger charge is 2.19. The number of H-pyrrole nitrogens is 1. The van der Waals surface area contributed by atoms with Crippen molar-refractivity contribution < 1.29 is 9.18 Å². The Morgan fingerprint density at radius 1 is 1.17 bits per heavy atom. The number of hydrogen-bond acceptors (Lipinski definition) is 5. The second kappa shape index (κ2) is 7.88. The Kier molecular flexibility index (Phi) is 5.13. The highest BCUT2D eigenvalue weighted by molar-refractivity contribution is 8.00. The van der Waals surface area contributed by atoms with Gasteiger partial charge in [-0.25, -0.2) is 14.1 Å². The van der Waals surface area contributed by atoms with E-state index in [1.165, 1.54) is 18.3 Å². The van der Waals surface area contributed by atoms with Crippen LogP contribution in [0.3, 0.4) is 0 Å². The number of amides is 1. The lowest BCUT2D eigenvalue weighted by atomic mass is 10.3. The molecule has 0 aliphatic rings. The molecule has 2 aromatic carbocycles. The molecule has 9 heteroatoms. The number of nitrogens with zero attached hydrogens (tertiary/aromatic N) is 3. The van der Waals surface area contributed by atoms with Gasteiger partial charge in [0.2, 0.25) is 5.91 Å². The SMILES string of the molecule is C[C@@H](Sc1nc2c(cnn2-c2ccccc2)c(=O)[nH]1)C(=O)Nc1ccccc1F. The van der Waals surface area contributed by atoms with Crippen LogP contribution in [0.15, 0.2) is 70.7 Å². The molecule has 0 fully saturated rings. The number of anilines is 1. The first-order chi connectivity index (χ1) is 14.0. The number of aromatic amines is 1. The molecule has 2 heterocycles. The fourth-order valence-corrected chi connectivity index (χ4v) is 3.52. The Labute approximate surface area is 169 Å². The van der Waals surface area contributed by atoms with Crippen molar-refractivity contribution in [2.24, 2.45) is 0 Å². The van der Waals surface area contributed by atoms with Crippen LogP contribution in [0.2, 0.25) is 0 Å². The second-order valence-corrected chi connectivity index (χ2v) is 7.56. The van der Waals surface area contributed by atoms with Gasteiger partial charge in [-0.1, -0.05) is 42.1 Å². The summed E-state index contributed by atoms with van der Waals surface area (Å²) in [5.74, 6) is -0.919. The Hall–Kier alpha value is -3.46. The summed E-state index contributed by atoms with van der Waals surface area (Å²) in [6.45, 7) is 1.65. The van der Waals surface area contributed by atoms with Crippen LogP contribution in [-0.4, -0.2) is 30.9 Å². The highest BCUT2D eigenvalue weighted by atomic mass is 32.2. The molecule has 0 aliphatic heterocycles. The molecule has 0 saturated carbocycles. The van der Waals surface area contributed by atoms with Gasteiger partial charge in [-0.15, -0.1) is 0 Å². The Balaban J connectivity index is 1.60. The number of fused-ring (bicyclic) bond motifs is 1. The lowest BCUT2D eigenvalue weighted by Gasteiger charge is -2.12. The van der Waals surface area contributed by atoms with Crippen LogP contribution in [-0.2, 0) is 4.79 Å². The summed E-state index contributed by atoms with van der Waals surface area (Å²) < 4.78 is 15.3. The van der Waals surface area contributed by atoms with Crippen LogP contribution in [0.25, 0.3) is 16.7 Å². The molecule has 2 N–H and O–H groups in total. The number of benzene rings is 2. The van der Waals surface area contributed by atoms with Crippen molar-refractivity contribution in [3.63, 3.8) is 0 Å². The summed E-state index contributed by atoms with van der Waals surface area (Å²) in [5.41, 5.74) is 0.913. The average Bonchev–Trinajstić information content (AvgIpc) is 3.15. The third-order valence-electron chi connectivity index (χ3n) is 4.21. The van der Waals surface area contributed by atoms with Crippen LogP contribution in [0, 0.1) is 5.82 Å². The molecule has 2 aromatic heterocycles. The highest BCUT2D eigenvalue weighted by Crippen LogP contribution is 2.23. The Morgan fingerprint density at radius 3 is 2.66 bits per heavy atom. The number of nitrogens with one attached hydrogen (secondary N) is 2. The molecule has 0 bridgehead atoms. The molecule has 0 saturated heterocycles.